The van der Waals surface area contributed by atoms with Crippen molar-refractivity contribution in [2.45, 2.75) is 26.8 Å². The summed E-state index contributed by atoms with van der Waals surface area (Å²) in [5.74, 6) is -0.126. The van der Waals surface area contributed by atoms with Crippen LogP contribution >= 0.6 is 11.6 Å². The van der Waals surface area contributed by atoms with Crippen LogP contribution in [0, 0.1) is 0 Å². The molecule has 1 fully saturated rings. The molecule has 0 aliphatic carbocycles. The second kappa shape index (κ2) is 10.2. The van der Waals surface area contributed by atoms with Crippen molar-refractivity contribution in [1.82, 2.24) is 14.7 Å². The molecule has 0 radical (unpaired) electrons. The number of ether oxygens (including phenoxy) is 1. The highest BCUT2D eigenvalue weighted by Gasteiger charge is 2.25. The SMILES string of the molecule is CCOC(=O)N1CCN(C(=O)CCN(Cc2ccccc2Cl)C(C)=O)CC1. The maximum Gasteiger partial charge on any atom is 0.409 e. The molecule has 0 bridgehead atoms. The van der Waals surface area contributed by atoms with Crippen molar-refractivity contribution < 1.29 is 19.1 Å². The monoisotopic (exact) mass is 395 g/mol. The van der Waals surface area contributed by atoms with Crippen molar-refractivity contribution in [1.29, 1.82) is 0 Å². The Morgan fingerprint density at radius 3 is 2.33 bits per heavy atom. The molecule has 1 aliphatic rings. The number of amides is 3. The topological polar surface area (TPSA) is 70.2 Å². The Hall–Kier alpha value is -2.28. The van der Waals surface area contributed by atoms with Crippen LogP contribution in [0.4, 0.5) is 4.79 Å². The molecular weight excluding hydrogens is 370 g/mol. The summed E-state index contributed by atoms with van der Waals surface area (Å²) in [6.45, 7) is 6.16. The maximum absolute atomic E-state index is 12.5. The summed E-state index contributed by atoms with van der Waals surface area (Å²) in [6.07, 6.45) is -0.101. The van der Waals surface area contributed by atoms with E-state index in [1.807, 2.05) is 18.2 Å². The fourth-order valence-electron chi connectivity index (χ4n) is 2.92. The molecule has 1 aliphatic heterocycles. The lowest BCUT2D eigenvalue weighted by Crippen LogP contribution is -2.51. The van der Waals surface area contributed by atoms with Crippen molar-refractivity contribution in [2.75, 3.05) is 39.3 Å². The van der Waals surface area contributed by atoms with Gasteiger partial charge in [-0.25, -0.2) is 4.79 Å². The maximum atomic E-state index is 12.5. The summed E-state index contributed by atoms with van der Waals surface area (Å²) in [4.78, 5) is 41.1. The molecule has 1 aromatic rings. The molecule has 27 heavy (non-hydrogen) atoms. The van der Waals surface area contributed by atoms with E-state index >= 15 is 0 Å². The molecule has 0 N–H and O–H groups in total. The third kappa shape index (κ3) is 6.13. The molecule has 148 valence electrons. The molecule has 0 atom stereocenters. The highest BCUT2D eigenvalue weighted by Crippen LogP contribution is 2.17. The van der Waals surface area contributed by atoms with Crippen molar-refractivity contribution in [3.8, 4) is 0 Å². The molecule has 2 rings (SSSR count). The van der Waals surface area contributed by atoms with Crippen molar-refractivity contribution in [3.05, 3.63) is 34.9 Å². The normalized spacial score (nSPS) is 14.0. The molecule has 0 saturated carbocycles. The van der Waals surface area contributed by atoms with E-state index in [1.54, 1.807) is 27.7 Å². The van der Waals surface area contributed by atoms with E-state index in [0.29, 0.717) is 50.9 Å². The Balaban J connectivity index is 1.83. The second-order valence-corrected chi connectivity index (χ2v) is 6.76. The van der Waals surface area contributed by atoms with Crippen LogP contribution in [0.15, 0.2) is 24.3 Å². The van der Waals surface area contributed by atoms with E-state index in [1.165, 1.54) is 6.92 Å². The Bertz CT molecular complexity index is 675. The molecule has 1 aromatic carbocycles. The van der Waals surface area contributed by atoms with Crippen LogP contribution in [0.5, 0.6) is 0 Å². The first-order valence-electron chi connectivity index (χ1n) is 9.10. The molecule has 1 heterocycles. The summed E-state index contributed by atoms with van der Waals surface area (Å²) < 4.78 is 4.98. The quantitative estimate of drug-likeness (QED) is 0.741. The van der Waals surface area contributed by atoms with Crippen LogP contribution in [-0.4, -0.2) is 71.9 Å². The van der Waals surface area contributed by atoms with Crippen LogP contribution in [0.3, 0.4) is 0 Å². The van der Waals surface area contributed by atoms with E-state index in [2.05, 4.69) is 0 Å². The van der Waals surface area contributed by atoms with Gasteiger partial charge in [0, 0.05) is 57.6 Å². The van der Waals surface area contributed by atoms with Crippen LogP contribution in [0.25, 0.3) is 0 Å². The Morgan fingerprint density at radius 2 is 1.74 bits per heavy atom. The van der Waals surface area contributed by atoms with Crippen LogP contribution < -0.4 is 0 Å². The highest BCUT2D eigenvalue weighted by molar-refractivity contribution is 6.31. The van der Waals surface area contributed by atoms with Crippen LogP contribution in [-0.2, 0) is 20.9 Å². The zero-order chi connectivity index (χ0) is 19.8. The number of halogens is 1. The Morgan fingerprint density at radius 1 is 1.11 bits per heavy atom. The smallest absolute Gasteiger partial charge is 0.409 e. The number of hydrogen-bond acceptors (Lipinski definition) is 4. The Labute approximate surface area is 164 Å². The third-order valence-corrected chi connectivity index (χ3v) is 4.89. The highest BCUT2D eigenvalue weighted by atomic mass is 35.5. The minimum absolute atomic E-state index is 0.0242. The summed E-state index contributed by atoms with van der Waals surface area (Å²) in [5, 5.41) is 0.602. The molecule has 3 amide bonds. The van der Waals surface area contributed by atoms with E-state index in [9.17, 15) is 14.4 Å². The summed E-state index contributed by atoms with van der Waals surface area (Å²) in [6, 6.07) is 7.36. The molecule has 1 saturated heterocycles. The predicted molar refractivity (Wildman–Crippen MR) is 102 cm³/mol. The molecule has 0 spiro atoms. The van der Waals surface area contributed by atoms with Gasteiger partial charge in [0.1, 0.15) is 0 Å². The molecule has 7 nitrogen and oxygen atoms in total. The van der Waals surface area contributed by atoms with Gasteiger partial charge in [-0.15, -0.1) is 0 Å². The van der Waals surface area contributed by atoms with Crippen LogP contribution in [0.2, 0.25) is 5.02 Å². The number of carbonyl (C=O) groups excluding carboxylic acids is 3. The molecule has 0 aromatic heterocycles. The molecular formula is C19H26ClN3O4. The summed E-state index contributed by atoms with van der Waals surface area (Å²) in [7, 11) is 0. The first-order chi connectivity index (χ1) is 12.9. The second-order valence-electron chi connectivity index (χ2n) is 6.35. The summed E-state index contributed by atoms with van der Waals surface area (Å²) >= 11 is 6.16. The average Bonchev–Trinajstić information content (AvgIpc) is 2.66. The van der Waals surface area contributed by atoms with E-state index in [0.717, 1.165) is 5.56 Å². The minimum atomic E-state index is -0.341. The number of rotatable bonds is 6. The Kier molecular flexibility index (Phi) is 7.91. The first kappa shape index (κ1) is 21.0. The number of benzene rings is 1. The van der Waals surface area contributed by atoms with E-state index in [4.69, 9.17) is 16.3 Å². The molecule has 0 unspecified atom stereocenters. The van der Waals surface area contributed by atoms with Gasteiger partial charge in [0.05, 0.1) is 6.61 Å². The zero-order valence-electron chi connectivity index (χ0n) is 15.8. The van der Waals surface area contributed by atoms with Gasteiger partial charge in [-0.05, 0) is 18.6 Å². The lowest BCUT2D eigenvalue weighted by atomic mass is 10.2. The van der Waals surface area contributed by atoms with Crippen molar-refractivity contribution >= 4 is 29.5 Å². The fourth-order valence-corrected chi connectivity index (χ4v) is 3.12. The zero-order valence-corrected chi connectivity index (χ0v) is 16.6. The lowest BCUT2D eigenvalue weighted by Gasteiger charge is -2.34. The largest absolute Gasteiger partial charge is 0.450 e. The predicted octanol–water partition coefficient (Wildman–Crippen LogP) is 2.38. The van der Waals surface area contributed by atoms with E-state index < -0.39 is 0 Å². The van der Waals surface area contributed by atoms with Gasteiger partial charge in [-0.3, -0.25) is 9.59 Å². The minimum Gasteiger partial charge on any atom is -0.450 e. The fraction of sp³-hybridized carbons (Fsp3) is 0.526. The number of nitrogens with zero attached hydrogens (tertiary/aromatic N) is 3. The van der Waals surface area contributed by atoms with Gasteiger partial charge >= 0.3 is 6.09 Å². The molecule has 8 heteroatoms. The van der Waals surface area contributed by atoms with Gasteiger partial charge in [0.15, 0.2) is 0 Å². The van der Waals surface area contributed by atoms with Crippen molar-refractivity contribution in [2.24, 2.45) is 0 Å². The number of hydrogen-bond donors (Lipinski definition) is 0. The van der Waals surface area contributed by atoms with E-state index in [-0.39, 0.29) is 24.3 Å². The standard InChI is InChI=1S/C19H26ClN3O4/c1-3-27-19(26)22-12-10-21(11-13-22)18(25)8-9-23(15(2)24)14-16-6-4-5-7-17(16)20/h4-7H,3,8-14H2,1-2H3. The van der Waals surface area contributed by atoms with Gasteiger partial charge < -0.3 is 19.4 Å². The van der Waals surface area contributed by atoms with Gasteiger partial charge in [-0.2, -0.15) is 0 Å². The number of carbonyl (C=O) groups is 3. The summed E-state index contributed by atoms with van der Waals surface area (Å²) in [5.41, 5.74) is 0.852. The van der Waals surface area contributed by atoms with Crippen LogP contribution in [0.1, 0.15) is 25.8 Å². The van der Waals surface area contributed by atoms with Gasteiger partial charge in [0.2, 0.25) is 11.8 Å². The third-order valence-electron chi connectivity index (χ3n) is 4.52. The lowest BCUT2D eigenvalue weighted by molar-refractivity contribution is -0.134. The van der Waals surface area contributed by atoms with Gasteiger partial charge in [-0.1, -0.05) is 29.8 Å². The van der Waals surface area contributed by atoms with Crippen molar-refractivity contribution in [3.63, 3.8) is 0 Å². The number of piperazine rings is 1. The average molecular weight is 396 g/mol. The van der Waals surface area contributed by atoms with Gasteiger partial charge in [0.25, 0.3) is 0 Å². The first-order valence-corrected chi connectivity index (χ1v) is 9.48.